The second kappa shape index (κ2) is 5.18. The number of aldehydes is 1. The Morgan fingerprint density at radius 1 is 1.50 bits per heavy atom. The fourth-order valence-corrected chi connectivity index (χ4v) is 3.43. The van der Waals surface area contributed by atoms with E-state index in [2.05, 4.69) is 6.26 Å². The second-order valence-corrected chi connectivity index (χ2v) is 5.55. The van der Waals surface area contributed by atoms with Gasteiger partial charge in [-0.15, -0.1) is 0 Å². The van der Waals surface area contributed by atoms with E-state index in [1.54, 1.807) is 0 Å². The topological polar surface area (TPSA) is 17.1 Å². The molecule has 1 rings (SSSR count). The molecule has 0 spiro atoms. The van der Waals surface area contributed by atoms with Crippen LogP contribution in [0, 0.1) is 5.41 Å². The SMILES string of the molecule is CSCCC1(C=O)CCSCC1. The van der Waals surface area contributed by atoms with E-state index < -0.39 is 0 Å². The summed E-state index contributed by atoms with van der Waals surface area (Å²) in [4.78, 5) is 11.0. The van der Waals surface area contributed by atoms with Crippen molar-refractivity contribution in [2.24, 2.45) is 5.41 Å². The van der Waals surface area contributed by atoms with Crippen molar-refractivity contribution in [3.05, 3.63) is 0 Å². The maximum Gasteiger partial charge on any atom is 0.126 e. The molecular weight excluding hydrogens is 188 g/mol. The Morgan fingerprint density at radius 2 is 2.17 bits per heavy atom. The van der Waals surface area contributed by atoms with Gasteiger partial charge in [-0.2, -0.15) is 23.5 Å². The van der Waals surface area contributed by atoms with Gasteiger partial charge in [0.2, 0.25) is 0 Å². The summed E-state index contributed by atoms with van der Waals surface area (Å²) in [7, 11) is 0. The minimum absolute atomic E-state index is 0.0499. The molecular formula is C9H16OS2. The van der Waals surface area contributed by atoms with Crippen LogP contribution in [0.15, 0.2) is 0 Å². The molecule has 0 atom stereocenters. The molecule has 1 fully saturated rings. The first-order valence-corrected chi connectivity index (χ1v) is 6.91. The molecule has 0 aliphatic carbocycles. The third kappa shape index (κ3) is 2.70. The number of hydrogen-bond acceptors (Lipinski definition) is 3. The number of carbonyl (C=O) groups is 1. The minimum atomic E-state index is 0.0499. The van der Waals surface area contributed by atoms with Crippen LogP contribution in [0.2, 0.25) is 0 Å². The molecule has 3 heteroatoms. The van der Waals surface area contributed by atoms with Gasteiger partial charge in [0, 0.05) is 5.41 Å². The van der Waals surface area contributed by atoms with Crippen LogP contribution in [0.5, 0.6) is 0 Å². The van der Waals surface area contributed by atoms with Gasteiger partial charge < -0.3 is 4.79 Å². The molecule has 1 saturated heterocycles. The second-order valence-electron chi connectivity index (χ2n) is 3.34. The lowest BCUT2D eigenvalue weighted by molar-refractivity contribution is -0.116. The van der Waals surface area contributed by atoms with Crippen LogP contribution in [0.4, 0.5) is 0 Å². The normalized spacial score (nSPS) is 22.1. The lowest BCUT2D eigenvalue weighted by Gasteiger charge is -2.31. The lowest BCUT2D eigenvalue weighted by atomic mass is 9.81. The van der Waals surface area contributed by atoms with Crippen molar-refractivity contribution in [2.75, 3.05) is 23.5 Å². The van der Waals surface area contributed by atoms with Gasteiger partial charge >= 0.3 is 0 Å². The molecule has 0 unspecified atom stereocenters. The van der Waals surface area contributed by atoms with E-state index >= 15 is 0 Å². The summed E-state index contributed by atoms with van der Waals surface area (Å²) in [5.74, 6) is 3.48. The zero-order valence-electron chi connectivity index (χ0n) is 7.54. The summed E-state index contributed by atoms with van der Waals surface area (Å²) in [5.41, 5.74) is 0.0499. The van der Waals surface area contributed by atoms with Crippen molar-refractivity contribution in [3.8, 4) is 0 Å². The first kappa shape index (κ1) is 10.5. The molecule has 1 aliphatic heterocycles. The first-order valence-electron chi connectivity index (χ1n) is 4.36. The smallest absolute Gasteiger partial charge is 0.126 e. The molecule has 0 N–H and O–H groups in total. The van der Waals surface area contributed by atoms with Gasteiger partial charge in [0.25, 0.3) is 0 Å². The lowest BCUT2D eigenvalue weighted by Crippen LogP contribution is -2.28. The van der Waals surface area contributed by atoms with Crippen LogP contribution in [-0.2, 0) is 4.79 Å². The quantitative estimate of drug-likeness (QED) is 0.655. The zero-order valence-corrected chi connectivity index (χ0v) is 9.18. The molecule has 12 heavy (non-hydrogen) atoms. The maximum atomic E-state index is 11.0. The van der Waals surface area contributed by atoms with Gasteiger partial charge in [0.15, 0.2) is 0 Å². The average molecular weight is 204 g/mol. The number of thioether (sulfide) groups is 2. The van der Waals surface area contributed by atoms with E-state index in [4.69, 9.17) is 0 Å². The molecule has 0 aromatic rings. The van der Waals surface area contributed by atoms with E-state index in [0.29, 0.717) is 0 Å². The van der Waals surface area contributed by atoms with Gasteiger partial charge in [0.1, 0.15) is 6.29 Å². The van der Waals surface area contributed by atoms with Crippen molar-refractivity contribution in [3.63, 3.8) is 0 Å². The van der Waals surface area contributed by atoms with Gasteiger partial charge in [-0.3, -0.25) is 0 Å². The van der Waals surface area contributed by atoms with Crippen molar-refractivity contribution in [2.45, 2.75) is 19.3 Å². The predicted molar refractivity (Wildman–Crippen MR) is 58.1 cm³/mol. The summed E-state index contributed by atoms with van der Waals surface area (Å²) >= 11 is 3.82. The fraction of sp³-hybridized carbons (Fsp3) is 0.889. The van der Waals surface area contributed by atoms with Gasteiger partial charge in [-0.1, -0.05) is 0 Å². The minimum Gasteiger partial charge on any atom is -0.303 e. The van der Waals surface area contributed by atoms with Gasteiger partial charge in [0.05, 0.1) is 0 Å². The highest BCUT2D eigenvalue weighted by Gasteiger charge is 2.30. The number of hydrogen-bond donors (Lipinski definition) is 0. The van der Waals surface area contributed by atoms with E-state index in [-0.39, 0.29) is 5.41 Å². The van der Waals surface area contributed by atoms with Crippen LogP contribution in [0.3, 0.4) is 0 Å². The van der Waals surface area contributed by atoms with Crippen molar-refractivity contribution < 1.29 is 4.79 Å². The summed E-state index contributed by atoms with van der Waals surface area (Å²) in [6, 6.07) is 0. The highest BCUT2D eigenvalue weighted by Crippen LogP contribution is 2.36. The fourth-order valence-electron chi connectivity index (χ4n) is 1.51. The van der Waals surface area contributed by atoms with E-state index in [9.17, 15) is 4.79 Å². The van der Waals surface area contributed by atoms with Crippen LogP contribution in [0.1, 0.15) is 19.3 Å². The zero-order chi connectivity index (χ0) is 8.86. The Morgan fingerprint density at radius 3 is 2.67 bits per heavy atom. The summed E-state index contributed by atoms with van der Waals surface area (Å²) in [6.45, 7) is 0. The molecule has 0 saturated carbocycles. The summed E-state index contributed by atoms with van der Waals surface area (Å²) in [6.07, 6.45) is 6.60. The molecule has 0 aromatic carbocycles. The number of carbonyl (C=O) groups excluding carboxylic acids is 1. The third-order valence-electron chi connectivity index (χ3n) is 2.54. The Balaban J connectivity index is 2.42. The van der Waals surface area contributed by atoms with Gasteiger partial charge in [-0.25, -0.2) is 0 Å². The molecule has 1 heterocycles. The maximum absolute atomic E-state index is 11.0. The van der Waals surface area contributed by atoms with Crippen molar-refractivity contribution in [1.82, 2.24) is 0 Å². The largest absolute Gasteiger partial charge is 0.303 e. The van der Waals surface area contributed by atoms with Gasteiger partial charge in [-0.05, 0) is 42.8 Å². The number of rotatable bonds is 4. The van der Waals surface area contributed by atoms with E-state index in [0.717, 1.165) is 25.0 Å². The molecule has 0 aromatic heterocycles. The highest BCUT2D eigenvalue weighted by molar-refractivity contribution is 7.99. The molecule has 0 bridgehead atoms. The molecule has 0 amide bonds. The Hall–Kier alpha value is 0.370. The molecule has 0 radical (unpaired) electrons. The highest BCUT2D eigenvalue weighted by atomic mass is 32.2. The van der Waals surface area contributed by atoms with Crippen LogP contribution in [0.25, 0.3) is 0 Å². The Labute approximate surface area is 83.1 Å². The average Bonchev–Trinajstić information content (AvgIpc) is 2.16. The third-order valence-corrected chi connectivity index (χ3v) is 4.14. The van der Waals surface area contributed by atoms with Crippen LogP contribution in [-0.4, -0.2) is 29.8 Å². The van der Waals surface area contributed by atoms with Crippen molar-refractivity contribution in [1.29, 1.82) is 0 Å². The van der Waals surface area contributed by atoms with Crippen molar-refractivity contribution >= 4 is 29.8 Å². The molecule has 1 nitrogen and oxygen atoms in total. The first-order chi connectivity index (χ1) is 5.83. The monoisotopic (exact) mass is 204 g/mol. The van der Waals surface area contributed by atoms with Crippen LogP contribution >= 0.6 is 23.5 Å². The van der Waals surface area contributed by atoms with E-state index in [1.807, 2.05) is 23.5 Å². The summed E-state index contributed by atoms with van der Waals surface area (Å²) in [5, 5.41) is 0. The Kier molecular flexibility index (Phi) is 4.51. The molecule has 1 aliphatic rings. The molecule has 70 valence electrons. The van der Waals surface area contributed by atoms with Crippen LogP contribution < -0.4 is 0 Å². The Bertz CT molecular complexity index is 141. The standard InChI is InChI=1S/C9H16OS2/c1-11-5-2-9(8-10)3-6-12-7-4-9/h8H,2-7H2,1H3. The van der Waals surface area contributed by atoms with E-state index in [1.165, 1.54) is 17.8 Å². The summed E-state index contributed by atoms with van der Waals surface area (Å²) < 4.78 is 0. The predicted octanol–water partition coefficient (Wildman–Crippen LogP) is 2.45.